The van der Waals surface area contributed by atoms with Crippen LogP contribution in [0.2, 0.25) is 0 Å². The number of carbonyl (C=O) groups excluding carboxylic acids is 2. The fraction of sp³-hybridized carbons (Fsp3) is 0.689. The molecule has 2 aliphatic carbocycles. The molecule has 4 bridgehead atoms. The van der Waals surface area contributed by atoms with Crippen molar-refractivity contribution in [2.45, 2.75) is 131 Å². The van der Waals surface area contributed by atoms with Crippen LogP contribution in [0.25, 0.3) is 0 Å². The number of benzene rings is 2. The van der Waals surface area contributed by atoms with Crippen LogP contribution in [0.15, 0.2) is 48.5 Å². The van der Waals surface area contributed by atoms with Crippen molar-refractivity contribution in [2.75, 3.05) is 64.8 Å². The van der Waals surface area contributed by atoms with Crippen molar-refractivity contribution in [3.8, 4) is 11.5 Å². The summed E-state index contributed by atoms with van der Waals surface area (Å²) in [7, 11) is -6.40. The number of hydrogen-bond donors (Lipinski definition) is 2. The van der Waals surface area contributed by atoms with Gasteiger partial charge in [-0.1, -0.05) is 36.4 Å². The number of ether oxygens (including phenoxy) is 4. The van der Waals surface area contributed by atoms with E-state index in [2.05, 4.69) is 15.5 Å². The molecule has 2 aromatic rings. The molecule has 0 radical (unpaired) electrons. The molecule has 2 N–H and O–H groups in total. The molecule has 0 spiro atoms. The second kappa shape index (κ2) is 20.4. The second-order valence-corrected chi connectivity index (χ2v) is 21.9. The van der Waals surface area contributed by atoms with Crippen molar-refractivity contribution >= 4 is 31.9 Å². The maximum absolute atomic E-state index is 14.8. The first-order valence-electron chi connectivity index (χ1n) is 22.9. The van der Waals surface area contributed by atoms with Gasteiger partial charge >= 0.3 is 0 Å². The molecule has 2 saturated heterocycles. The number of alkyl halides is 1. The molecule has 2 aromatic carbocycles. The highest BCUT2D eigenvalue weighted by molar-refractivity contribution is 7.89. The van der Waals surface area contributed by atoms with Gasteiger partial charge in [-0.15, -0.1) is 0 Å². The maximum Gasteiger partial charge on any atom is 0.265 e. The van der Waals surface area contributed by atoms with Gasteiger partial charge in [0.25, 0.3) is 11.8 Å². The lowest BCUT2D eigenvalue weighted by Gasteiger charge is -2.43. The van der Waals surface area contributed by atoms with Gasteiger partial charge in [-0.3, -0.25) is 9.59 Å². The Morgan fingerprint density at radius 1 is 0.698 bits per heavy atom. The number of amides is 2. The molecule has 0 aromatic heterocycles. The van der Waals surface area contributed by atoms with Crippen LogP contribution >= 0.6 is 0 Å². The zero-order chi connectivity index (χ0) is 44.1. The third kappa shape index (κ3) is 11.4. The minimum atomic E-state index is -4.24. The van der Waals surface area contributed by atoms with Crippen molar-refractivity contribution < 1.29 is 49.8 Å². The Balaban J connectivity index is 0.974. The Labute approximate surface area is 371 Å². The molecule has 2 saturated carbocycles. The summed E-state index contributed by atoms with van der Waals surface area (Å²) in [5, 5.41) is 0. The van der Waals surface area contributed by atoms with Gasteiger partial charge in [0.15, 0.2) is 12.7 Å². The molecule has 2 amide bonds. The molecule has 6 aliphatic heterocycles. The summed E-state index contributed by atoms with van der Waals surface area (Å²) < 4.78 is 97.7. The largest absolute Gasteiger partial charge is 0.483 e. The lowest BCUT2D eigenvalue weighted by Crippen LogP contribution is -2.62. The minimum Gasteiger partial charge on any atom is -0.483 e. The van der Waals surface area contributed by atoms with E-state index in [-0.39, 0.29) is 68.6 Å². The van der Waals surface area contributed by atoms with Crippen molar-refractivity contribution in [1.82, 2.24) is 24.1 Å². The highest BCUT2D eigenvalue weighted by atomic mass is 32.2. The van der Waals surface area contributed by atoms with Gasteiger partial charge in [-0.25, -0.2) is 30.7 Å². The van der Waals surface area contributed by atoms with E-state index in [1.807, 2.05) is 42.5 Å². The van der Waals surface area contributed by atoms with Crippen molar-refractivity contribution in [3.63, 3.8) is 0 Å². The van der Waals surface area contributed by atoms with Crippen LogP contribution in [0.4, 0.5) is 4.39 Å². The first-order valence-corrected chi connectivity index (χ1v) is 26.2. The average Bonchev–Trinajstić information content (AvgIpc) is 3.31. The number of hydrogen-bond acceptors (Lipinski definition) is 11. The van der Waals surface area contributed by atoms with E-state index in [1.54, 1.807) is 21.7 Å². The SMILES string of the molecule is CN(CCS(=O)(=O)N[C@H]1CCCN2C(=O)COc3ccccc3C3CCC(CC3)OC[C@@H]12)CC1Oc2ccccc2C2CCC(CC2)OC[C@H]2[C@@H](NS(=O)(=O)CF)CCCN2C1=O. The molecule has 6 heterocycles. The third-order valence-corrected chi connectivity index (χ3v) is 16.5. The fourth-order valence-electron chi connectivity index (χ4n) is 10.7. The molecule has 4 fully saturated rings. The summed E-state index contributed by atoms with van der Waals surface area (Å²) in [5.41, 5.74) is 2.11. The smallest absolute Gasteiger partial charge is 0.265 e. The van der Waals surface area contributed by atoms with Crippen LogP contribution < -0.4 is 18.9 Å². The number of para-hydroxylation sites is 2. The summed E-state index contributed by atoms with van der Waals surface area (Å²) >= 11 is 0. The number of rotatable bonds is 10. The van der Waals surface area contributed by atoms with Crippen LogP contribution in [-0.2, 0) is 39.1 Å². The lowest BCUT2D eigenvalue weighted by molar-refractivity contribution is -0.146. The summed E-state index contributed by atoms with van der Waals surface area (Å²) in [6.45, 7) is 1.03. The van der Waals surface area contributed by atoms with E-state index in [0.29, 0.717) is 50.4 Å². The molecule has 63 heavy (non-hydrogen) atoms. The van der Waals surface area contributed by atoms with Crippen molar-refractivity contribution in [3.05, 3.63) is 59.7 Å². The number of fused-ring (bicyclic) bond motifs is 10. The standard InChI is InChI=1S/C45H64FN5O10S2/c1-49(24-25-62(54,55)47-37-10-6-22-50-39(37)27-58-33-18-14-31(15-19-33)35-8-2-4-12-41(35)60-29-44(50)52)26-43-45(53)51-23-7-11-38(48-63(56,57)30-46)40(51)28-59-34-20-16-32(17-21-34)36-9-3-5-13-42(36)61-43/h2-5,8-9,12-13,31-34,37-40,43,47-48H,6-7,10-11,14-30H2,1H3/t31?,32?,33?,34?,37-,38-,39-,40-,43?/m0/s1. The first kappa shape index (κ1) is 46.2. The number of nitrogens with zero attached hydrogens (tertiary/aromatic N) is 3. The Morgan fingerprint density at radius 3 is 1.83 bits per heavy atom. The Kier molecular flexibility index (Phi) is 15.0. The Bertz CT molecular complexity index is 2120. The molecule has 1 unspecified atom stereocenters. The van der Waals surface area contributed by atoms with Crippen LogP contribution in [0.1, 0.15) is 100 Å². The summed E-state index contributed by atoms with van der Waals surface area (Å²) in [5.74, 6) is 0.947. The lowest BCUT2D eigenvalue weighted by atomic mass is 9.82. The second-order valence-electron chi connectivity index (χ2n) is 18.4. The average molecular weight is 918 g/mol. The number of piperidine rings is 2. The molecule has 8 aliphatic rings. The van der Waals surface area contributed by atoms with E-state index >= 15 is 0 Å². The molecular formula is C45H64FN5O10S2. The van der Waals surface area contributed by atoms with E-state index in [4.69, 9.17) is 18.9 Å². The predicted octanol–water partition coefficient (Wildman–Crippen LogP) is 4.04. The normalized spacial score (nSPS) is 31.0. The van der Waals surface area contributed by atoms with E-state index in [0.717, 1.165) is 68.2 Å². The van der Waals surface area contributed by atoms with Crippen molar-refractivity contribution in [1.29, 1.82) is 0 Å². The highest BCUT2D eigenvalue weighted by Crippen LogP contribution is 2.41. The molecule has 10 rings (SSSR count). The monoisotopic (exact) mass is 917 g/mol. The van der Waals surface area contributed by atoms with Crippen LogP contribution in [-0.4, -0.2) is 151 Å². The van der Waals surface area contributed by atoms with Crippen LogP contribution in [0.3, 0.4) is 0 Å². The van der Waals surface area contributed by atoms with Gasteiger partial charge in [-0.05, 0) is 119 Å². The first-order chi connectivity index (χ1) is 30.4. The fourth-order valence-corrected chi connectivity index (χ4v) is 12.9. The number of carbonyl (C=O) groups is 2. The van der Waals surface area contributed by atoms with Gasteiger partial charge in [0.05, 0.1) is 43.3 Å². The van der Waals surface area contributed by atoms with E-state index < -0.39 is 56.3 Å². The van der Waals surface area contributed by atoms with E-state index in [9.17, 15) is 30.8 Å². The molecule has 348 valence electrons. The van der Waals surface area contributed by atoms with Crippen LogP contribution in [0.5, 0.6) is 11.5 Å². The molecular weight excluding hydrogens is 854 g/mol. The number of nitrogens with one attached hydrogen (secondary N) is 2. The van der Waals surface area contributed by atoms with Crippen molar-refractivity contribution in [2.24, 2.45) is 0 Å². The third-order valence-electron chi connectivity index (χ3n) is 14.2. The zero-order valence-electron chi connectivity index (χ0n) is 36.3. The zero-order valence-corrected chi connectivity index (χ0v) is 37.9. The Hall–Kier alpha value is -3.39. The molecule has 15 nitrogen and oxygen atoms in total. The van der Waals surface area contributed by atoms with Gasteiger partial charge in [0.2, 0.25) is 26.1 Å². The Morgan fingerprint density at radius 2 is 1.22 bits per heavy atom. The van der Waals surface area contributed by atoms with Gasteiger partial charge in [0.1, 0.15) is 11.5 Å². The van der Waals surface area contributed by atoms with E-state index in [1.165, 1.54) is 0 Å². The van der Waals surface area contributed by atoms with Crippen LogP contribution in [0, 0.1) is 0 Å². The van der Waals surface area contributed by atoms with Gasteiger partial charge in [0, 0.05) is 38.3 Å². The predicted molar refractivity (Wildman–Crippen MR) is 234 cm³/mol. The highest BCUT2D eigenvalue weighted by Gasteiger charge is 2.42. The number of likely N-dealkylation sites (N-methyl/N-ethyl adjacent to an activating group) is 1. The maximum atomic E-state index is 14.8. The quantitative estimate of drug-likeness (QED) is 0.353. The van der Waals surface area contributed by atoms with Gasteiger partial charge < -0.3 is 33.6 Å². The minimum absolute atomic E-state index is 0.0186. The topological polar surface area (TPSA) is 173 Å². The number of halogens is 1. The summed E-state index contributed by atoms with van der Waals surface area (Å²) in [6, 6.07) is 11.5. The molecule has 5 atom stereocenters. The molecule has 18 heteroatoms. The van der Waals surface area contributed by atoms with Gasteiger partial charge in [-0.2, -0.15) is 0 Å². The summed E-state index contributed by atoms with van der Waals surface area (Å²) in [6.07, 6.45) is 7.83. The summed E-state index contributed by atoms with van der Waals surface area (Å²) in [4.78, 5) is 33.6. The number of sulfonamides is 2.